The lowest BCUT2D eigenvalue weighted by Crippen LogP contribution is -2.36. The van der Waals surface area contributed by atoms with Crippen molar-refractivity contribution in [3.8, 4) is 0 Å². The van der Waals surface area contributed by atoms with E-state index in [1.165, 1.54) is 12.1 Å². The summed E-state index contributed by atoms with van der Waals surface area (Å²) in [5, 5.41) is 3.16. The Bertz CT molecular complexity index is 1480. The Hall–Kier alpha value is -4.17. The van der Waals surface area contributed by atoms with Gasteiger partial charge in [-0.05, 0) is 71.4 Å². The highest BCUT2D eigenvalue weighted by Crippen LogP contribution is 2.32. The topological polar surface area (TPSA) is 71.4 Å². The number of nitrogens with zero attached hydrogens (tertiary/aromatic N) is 2. The van der Waals surface area contributed by atoms with Crippen LogP contribution < -0.4 is 5.32 Å². The summed E-state index contributed by atoms with van der Waals surface area (Å²) in [6, 6.07) is 23.0. The second kappa shape index (κ2) is 9.60. The van der Waals surface area contributed by atoms with Crippen molar-refractivity contribution in [1.29, 1.82) is 0 Å². The first-order chi connectivity index (χ1) is 17.0. The molecule has 3 amide bonds. The lowest BCUT2D eigenvalue weighted by atomic mass is 10.1. The predicted molar refractivity (Wildman–Crippen MR) is 135 cm³/mol. The molecule has 1 aliphatic rings. The molecule has 1 N–H and O–H groups in total. The van der Waals surface area contributed by atoms with Crippen molar-refractivity contribution in [3.05, 3.63) is 107 Å². The molecular formula is C27H20FN3O3S. The van der Waals surface area contributed by atoms with E-state index in [1.54, 1.807) is 36.4 Å². The lowest BCUT2D eigenvalue weighted by Gasteiger charge is -2.12. The molecule has 1 fully saturated rings. The SMILES string of the molecule is O=C(CN1C(=O)S/C(=C/c2ccc3c(ccn3Cc3cccc(F)c3)c2)C1=O)Nc1ccccc1. The minimum Gasteiger partial charge on any atom is -0.343 e. The molecule has 1 aromatic heterocycles. The van der Waals surface area contributed by atoms with Crippen molar-refractivity contribution in [3.63, 3.8) is 0 Å². The summed E-state index contributed by atoms with van der Waals surface area (Å²) in [6.07, 6.45) is 3.59. The van der Waals surface area contributed by atoms with E-state index in [4.69, 9.17) is 0 Å². The van der Waals surface area contributed by atoms with E-state index < -0.39 is 17.1 Å². The molecule has 0 atom stereocenters. The molecule has 0 aliphatic carbocycles. The summed E-state index contributed by atoms with van der Waals surface area (Å²) in [5.74, 6) is -1.21. The minimum absolute atomic E-state index is 0.265. The number of benzene rings is 3. The van der Waals surface area contributed by atoms with E-state index in [1.807, 2.05) is 47.2 Å². The number of halogens is 1. The monoisotopic (exact) mass is 485 g/mol. The molecule has 2 heterocycles. The van der Waals surface area contributed by atoms with Crippen LogP contribution in [0.2, 0.25) is 0 Å². The number of anilines is 1. The second-order valence-electron chi connectivity index (χ2n) is 8.07. The van der Waals surface area contributed by atoms with Crippen LogP contribution in [0.25, 0.3) is 17.0 Å². The third kappa shape index (κ3) is 5.02. The minimum atomic E-state index is -0.494. The van der Waals surface area contributed by atoms with Gasteiger partial charge in [0.1, 0.15) is 12.4 Å². The molecule has 5 rings (SSSR count). The number of hydrogen-bond donors (Lipinski definition) is 1. The number of amides is 3. The maximum absolute atomic E-state index is 13.5. The number of para-hydroxylation sites is 1. The Morgan fingerprint density at radius 2 is 1.80 bits per heavy atom. The Morgan fingerprint density at radius 1 is 0.971 bits per heavy atom. The van der Waals surface area contributed by atoms with Crippen LogP contribution in [0, 0.1) is 5.82 Å². The van der Waals surface area contributed by atoms with E-state index in [0.717, 1.165) is 38.7 Å². The third-order valence-corrected chi connectivity index (χ3v) is 6.48. The molecule has 0 spiro atoms. The van der Waals surface area contributed by atoms with Crippen LogP contribution in [0.4, 0.5) is 14.9 Å². The molecule has 0 unspecified atom stereocenters. The van der Waals surface area contributed by atoms with Gasteiger partial charge in [0.2, 0.25) is 5.91 Å². The largest absolute Gasteiger partial charge is 0.343 e. The Morgan fingerprint density at radius 3 is 2.60 bits per heavy atom. The van der Waals surface area contributed by atoms with Crippen LogP contribution in [0.3, 0.4) is 0 Å². The normalized spacial score (nSPS) is 14.8. The van der Waals surface area contributed by atoms with Gasteiger partial charge in [0.05, 0.1) is 4.91 Å². The highest BCUT2D eigenvalue weighted by molar-refractivity contribution is 8.18. The van der Waals surface area contributed by atoms with Crippen LogP contribution in [-0.4, -0.2) is 33.1 Å². The molecule has 35 heavy (non-hydrogen) atoms. The maximum atomic E-state index is 13.5. The van der Waals surface area contributed by atoms with Crippen molar-refractivity contribution in [2.75, 3.05) is 11.9 Å². The molecule has 4 aromatic rings. The van der Waals surface area contributed by atoms with Gasteiger partial charge in [-0.3, -0.25) is 19.3 Å². The van der Waals surface area contributed by atoms with E-state index in [9.17, 15) is 18.8 Å². The van der Waals surface area contributed by atoms with E-state index in [-0.39, 0.29) is 17.3 Å². The van der Waals surface area contributed by atoms with Crippen molar-refractivity contribution in [1.82, 2.24) is 9.47 Å². The quantitative estimate of drug-likeness (QED) is 0.366. The maximum Gasteiger partial charge on any atom is 0.294 e. The van der Waals surface area contributed by atoms with Gasteiger partial charge in [-0.2, -0.15) is 0 Å². The number of fused-ring (bicyclic) bond motifs is 1. The van der Waals surface area contributed by atoms with E-state index in [0.29, 0.717) is 12.2 Å². The fourth-order valence-corrected chi connectivity index (χ4v) is 4.77. The summed E-state index contributed by atoms with van der Waals surface area (Å²) >= 11 is 0.816. The lowest BCUT2D eigenvalue weighted by molar-refractivity contribution is -0.127. The first-order valence-electron chi connectivity index (χ1n) is 10.9. The zero-order chi connectivity index (χ0) is 24.4. The van der Waals surface area contributed by atoms with Crippen LogP contribution in [0.5, 0.6) is 0 Å². The number of thioether (sulfide) groups is 1. The second-order valence-corrected chi connectivity index (χ2v) is 9.07. The molecule has 0 bridgehead atoms. The summed E-state index contributed by atoms with van der Waals surface area (Å²) in [5.41, 5.74) is 3.19. The standard InChI is InChI=1S/C27H20FN3O3S/c28-21-6-4-5-19(14-21)16-30-12-11-20-13-18(9-10-23(20)30)15-24-26(33)31(27(34)35-24)17-25(32)29-22-7-2-1-3-8-22/h1-15H,16-17H2,(H,29,32)/b24-15+. The van der Waals surface area contributed by atoms with Crippen molar-refractivity contribution < 1.29 is 18.8 Å². The van der Waals surface area contributed by atoms with Gasteiger partial charge in [-0.15, -0.1) is 0 Å². The fourth-order valence-electron chi connectivity index (χ4n) is 3.93. The molecule has 1 saturated heterocycles. The van der Waals surface area contributed by atoms with Crippen LogP contribution in [0.15, 0.2) is 90.0 Å². The molecular weight excluding hydrogens is 465 g/mol. The summed E-state index contributed by atoms with van der Waals surface area (Å²) in [7, 11) is 0. The van der Waals surface area contributed by atoms with Gasteiger partial charge >= 0.3 is 0 Å². The van der Waals surface area contributed by atoms with Gasteiger partial charge in [0.15, 0.2) is 0 Å². The average Bonchev–Trinajstić information content (AvgIpc) is 3.35. The Labute approximate surface area is 205 Å². The number of hydrogen-bond acceptors (Lipinski definition) is 4. The van der Waals surface area contributed by atoms with Crippen molar-refractivity contribution >= 4 is 51.5 Å². The zero-order valence-corrected chi connectivity index (χ0v) is 19.3. The molecule has 174 valence electrons. The van der Waals surface area contributed by atoms with Crippen molar-refractivity contribution in [2.24, 2.45) is 0 Å². The molecule has 3 aromatic carbocycles. The summed E-state index contributed by atoms with van der Waals surface area (Å²) in [4.78, 5) is 38.7. The average molecular weight is 486 g/mol. The summed E-state index contributed by atoms with van der Waals surface area (Å²) < 4.78 is 15.5. The van der Waals surface area contributed by atoms with Gasteiger partial charge in [-0.1, -0.05) is 36.4 Å². The zero-order valence-electron chi connectivity index (χ0n) is 18.5. The van der Waals surface area contributed by atoms with Crippen LogP contribution in [-0.2, 0) is 16.1 Å². The number of imide groups is 1. The molecule has 8 heteroatoms. The Balaban J connectivity index is 1.30. The number of rotatable bonds is 6. The highest BCUT2D eigenvalue weighted by Gasteiger charge is 2.36. The predicted octanol–water partition coefficient (Wildman–Crippen LogP) is 5.50. The fraction of sp³-hybridized carbons (Fsp3) is 0.0741. The van der Waals surface area contributed by atoms with Gasteiger partial charge in [0, 0.05) is 29.3 Å². The molecule has 1 aliphatic heterocycles. The smallest absolute Gasteiger partial charge is 0.294 e. The van der Waals surface area contributed by atoms with Gasteiger partial charge in [-0.25, -0.2) is 4.39 Å². The van der Waals surface area contributed by atoms with E-state index >= 15 is 0 Å². The third-order valence-electron chi connectivity index (χ3n) is 5.57. The number of aromatic nitrogens is 1. The first-order valence-corrected chi connectivity index (χ1v) is 11.7. The van der Waals surface area contributed by atoms with E-state index in [2.05, 4.69) is 5.32 Å². The van der Waals surface area contributed by atoms with Crippen molar-refractivity contribution in [2.45, 2.75) is 6.54 Å². The number of carbonyl (C=O) groups is 3. The van der Waals surface area contributed by atoms with Gasteiger partial charge < -0.3 is 9.88 Å². The first kappa shape index (κ1) is 22.6. The molecule has 0 saturated carbocycles. The molecule has 6 nitrogen and oxygen atoms in total. The molecule has 0 radical (unpaired) electrons. The van der Waals surface area contributed by atoms with Crippen LogP contribution >= 0.6 is 11.8 Å². The highest BCUT2D eigenvalue weighted by atomic mass is 32.2. The Kier molecular flexibility index (Phi) is 6.20. The number of carbonyl (C=O) groups excluding carboxylic acids is 3. The van der Waals surface area contributed by atoms with Gasteiger partial charge in [0.25, 0.3) is 11.1 Å². The number of nitrogens with one attached hydrogen (secondary N) is 1. The van der Waals surface area contributed by atoms with Crippen LogP contribution in [0.1, 0.15) is 11.1 Å². The summed E-state index contributed by atoms with van der Waals surface area (Å²) in [6.45, 7) is 0.184.